The number of nitrogens with one attached hydrogen (secondary N) is 2. The first kappa shape index (κ1) is 7.30. The molecule has 0 aliphatic heterocycles. The predicted octanol–water partition coefficient (Wildman–Crippen LogP) is 1.48. The Morgan fingerprint density at radius 2 is 2.58 bits per heavy atom. The van der Waals surface area contributed by atoms with Gasteiger partial charge in [0.2, 0.25) is 0 Å². The Morgan fingerprint density at radius 3 is 3.25 bits per heavy atom. The third-order valence-corrected chi connectivity index (χ3v) is 2.15. The summed E-state index contributed by atoms with van der Waals surface area (Å²) >= 11 is 1.59. The van der Waals surface area contributed by atoms with Crippen LogP contribution in [0.2, 0.25) is 0 Å². The lowest BCUT2D eigenvalue weighted by atomic mass is 10.5. The number of aromatic amines is 1. The minimum Gasteiger partial charge on any atom is -0.356 e. The minimum atomic E-state index is 0.744. The second-order valence-corrected chi connectivity index (χ2v) is 3.16. The van der Waals surface area contributed by atoms with Gasteiger partial charge in [0.1, 0.15) is 0 Å². The Labute approximate surface area is 73.7 Å². The van der Waals surface area contributed by atoms with Gasteiger partial charge in [-0.15, -0.1) is 11.3 Å². The molecular weight excluding hydrogens is 172 g/mol. The number of aromatic nitrogens is 3. The van der Waals surface area contributed by atoms with Crippen LogP contribution in [0.1, 0.15) is 5.69 Å². The molecule has 0 aliphatic carbocycles. The van der Waals surface area contributed by atoms with Crippen molar-refractivity contribution in [3.8, 4) is 0 Å². The lowest BCUT2D eigenvalue weighted by molar-refractivity contribution is 1.07. The summed E-state index contributed by atoms with van der Waals surface area (Å²) in [5.74, 6) is 0. The molecule has 0 atom stereocenters. The highest BCUT2D eigenvalue weighted by atomic mass is 32.1. The molecule has 0 amide bonds. The van der Waals surface area contributed by atoms with Crippen LogP contribution in [0.5, 0.6) is 0 Å². The van der Waals surface area contributed by atoms with Crippen molar-refractivity contribution in [2.75, 3.05) is 5.32 Å². The summed E-state index contributed by atoms with van der Waals surface area (Å²) in [6, 6.07) is 0. The van der Waals surface area contributed by atoms with Gasteiger partial charge >= 0.3 is 0 Å². The van der Waals surface area contributed by atoms with Gasteiger partial charge in [-0.2, -0.15) is 0 Å². The molecule has 5 heteroatoms. The zero-order valence-electron chi connectivity index (χ0n) is 6.32. The topological polar surface area (TPSA) is 53.6 Å². The van der Waals surface area contributed by atoms with Gasteiger partial charge < -0.3 is 10.3 Å². The Morgan fingerprint density at radius 1 is 1.58 bits per heavy atom. The van der Waals surface area contributed by atoms with Crippen molar-refractivity contribution >= 4 is 16.5 Å². The van der Waals surface area contributed by atoms with E-state index in [1.165, 1.54) is 0 Å². The predicted molar refractivity (Wildman–Crippen MR) is 48.0 cm³/mol. The maximum absolute atomic E-state index is 4.09. The molecule has 4 nitrogen and oxygen atoms in total. The number of imidazole rings is 1. The lowest BCUT2D eigenvalue weighted by Crippen LogP contribution is -1.98. The van der Waals surface area contributed by atoms with Crippen molar-refractivity contribution in [3.63, 3.8) is 0 Å². The summed E-state index contributed by atoms with van der Waals surface area (Å²) in [5.41, 5.74) is 1.06. The van der Waals surface area contributed by atoms with Crippen LogP contribution in [0.4, 0.5) is 5.13 Å². The first-order valence-electron chi connectivity index (χ1n) is 3.56. The summed E-state index contributed by atoms with van der Waals surface area (Å²) in [4.78, 5) is 11.0. The summed E-state index contributed by atoms with van der Waals surface area (Å²) < 4.78 is 0. The van der Waals surface area contributed by atoms with E-state index >= 15 is 0 Å². The van der Waals surface area contributed by atoms with Crippen LogP contribution in [0.3, 0.4) is 0 Å². The maximum atomic E-state index is 4.09. The van der Waals surface area contributed by atoms with Crippen LogP contribution in [0.15, 0.2) is 24.1 Å². The van der Waals surface area contributed by atoms with Crippen LogP contribution in [0.25, 0.3) is 0 Å². The molecule has 2 aromatic rings. The van der Waals surface area contributed by atoms with Gasteiger partial charge in [-0.25, -0.2) is 9.97 Å². The van der Waals surface area contributed by atoms with Crippen LogP contribution >= 0.6 is 11.3 Å². The average Bonchev–Trinajstić information content (AvgIpc) is 2.74. The first-order chi connectivity index (χ1) is 5.95. The number of H-pyrrole nitrogens is 1. The summed E-state index contributed by atoms with van der Waals surface area (Å²) in [6.45, 7) is 0.744. The highest BCUT2D eigenvalue weighted by Gasteiger charge is 1.95. The third-order valence-electron chi connectivity index (χ3n) is 1.42. The monoisotopic (exact) mass is 180 g/mol. The summed E-state index contributed by atoms with van der Waals surface area (Å²) in [7, 11) is 0. The highest BCUT2D eigenvalue weighted by Crippen LogP contribution is 2.10. The minimum absolute atomic E-state index is 0.744. The first-order valence-corrected chi connectivity index (χ1v) is 4.44. The SMILES string of the molecule is c1csc(NCc2cnc[nH]2)n1. The number of nitrogens with zero attached hydrogens (tertiary/aromatic N) is 2. The molecule has 0 fully saturated rings. The van der Waals surface area contributed by atoms with Crippen molar-refractivity contribution < 1.29 is 0 Å². The zero-order valence-corrected chi connectivity index (χ0v) is 7.14. The van der Waals surface area contributed by atoms with E-state index in [9.17, 15) is 0 Å². The number of rotatable bonds is 3. The number of thiazole rings is 1. The van der Waals surface area contributed by atoms with E-state index in [0.717, 1.165) is 17.4 Å². The van der Waals surface area contributed by atoms with Crippen molar-refractivity contribution in [1.29, 1.82) is 0 Å². The van der Waals surface area contributed by atoms with E-state index in [4.69, 9.17) is 0 Å². The standard InChI is InChI=1S/C7H8N4S/c1-2-12-7(9-1)10-4-6-3-8-5-11-6/h1-3,5H,4H2,(H,8,11)(H,9,10). The Kier molecular flexibility index (Phi) is 2.04. The molecule has 0 radical (unpaired) electrons. The Balaban J connectivity index is 1.91. The lowest BCUT2D eigenvalue weighted by Gasteiger charge is -1.97. The second kappa shape index (κ2) is 3.36. The van der Waals surface area contributed by atoms with E-state index in [2.05, 4.69) is 20.3 Å². The molecule has 12 heavy (non-hydrogen) atoms. The van der Waals surface area contributed by atoms with E-state index in [1.54, 1.807) is 30.1 Å². The molecule has 0 unspecified atom stereocenters. The van der Waals surface area contributed by atoms with E-state index < -0.39 is 0 Å². The van der Waals surface area contributed by atoms with Gasteiger partial charge in [-0.3, -0.25) is 0 Å². The highest BCUT2D eigenvalue weighted by molar-refractivity contribution is 7.13. The quantitative estimate of drug-likeness (QED) is 0.752. The normalized spacial score (nSPS) is 10.0. The van der Waals surface area contributed by atoms with E-state index in [-0.39, 0.29) is 0 Å². The van der Waals surface area contributed by atoms with Crippen molar-refractivity contribution in [2.24, 2.45) is 0 Å². The average molecular weight is 180 g/mol. The molecule has 0 aliphatic rings. The van der Waals surface area contributed by atoms with E-state index in [1.807, 2.05) is 5.38 Å². The number of hydrogen-bond donors (Lipinski definition) is 2. The molecule has 2 rings (SSSR count). The summed E-state index contributed by atoms with van der Waals surface area (Å²) in [6.07, 6.45) is 5.24. The molecule has 0 saturated carbocycles. The molecule has 2 aromatic heterocycles. The largest absolute Gasteiger partial charge is 0.356 e. The van der Waals surface area contributed by atoms with Gasteiger partial charge in [0.25, 0.3) is 0 Å². The van der Waals surface area contributed by atoms with Crippen LogP contribution in [-0.2, 0) is 6.54 Å². The molecule has 0 saturated heterocycles. The Hall–Kier alpha value is -1.36. The fourth-order valence-electron chi connectivity index (χ4n) is 0.863. The molecule has 0 bridgehead atoms. The molecule has 0 aromatic carbocycles. The fourth-order valence-corrected chi connectivity index (χ4v) is 1.39. The van der Waals surface area contributed by atoms with Gasteiger partial charge in [0.15, 0.2) is 5.13 Å². The van der Waals surface area contributed by atoms with Gasteiger partial charge in [-0.1, -0.05) is 0 Å². The molecule has 0 spiro atoms. The Bertz CT molecular complexity index is 279. The molecule has 2 N–H and O–H groups in total. The second-order valence-electron chi connectivity index (χ2n) is 2.27. The number of anilines is 1. The summed E-state index contributed by atoms with van der Waals surface area (Å²) in [5, 5.41) is 6.04. The fraction of sp³-hybridized carbons (Fsp3) is 0.143. The van der Waals surface area contributed by atoms with Crippen LogP contribution in [0, 0.1) is 0 Å². The molecule has 62 valence electrons. The molecule has 2 heterocycles. The van der Waals surface area contributed by atoms with E-state index in [0.29, 0.717) is 0 Å². The van der Waals surface area contributed by atoms with Crippen molar-refractivity contribution in [2.45, 2.75) is 6.54 Å². The smallest absolute Gasteiger partial charge is 0.182 e. The third kappa shape index (κ3) is 1.62. The molecular formula is C7H8N4S. The number of hydrogen-bond acceptors (Lipinski definition) is 4. The van der Waals surface area contributed by atoms with Crippen LogP contribution in [-0.4, -0.2) is 15.0 Å². The van der Waals surface area contributed by atoms with Gasteiger partial charge in [0, 0.05) is 17.8 Å². The van der Waals surface area contributed by atoms with Crippen LogP contribution < -0.4 is 5.32 Å². The van der Waals surface area contributed by atoms with Crippen molar-refractivity contribution in [1.82, 2.24) is 15.0 Å². The van der Waals surface area contributed by atoms with Crippen molar-refractivity contribution in [3.05, 3.63) is 29.8 Å². The zero-order chi connectivity index (χ0) is 8.23. The van der Waals surface area contributed by atoms with Gasteiger partial charge in [-0.05, 0) is 0 Å². The van der Waals surface area contributed by atoms with Gasteiger partial charge in [0.05, 0.1) is 18.6 Å². The maximum Gasteiger partial charge on any atom is 0.182 e.